The summed E-state index contributed by atoms with van der Waals surface area (Å²) in [7, 11) is 0. The van der Waals surface area contributed by atoms with E-state index < -0.39 is 0 Å². The number of benzene rings is 2. The Morgan fingerprint density at radius 1 is 1.17 bits per heavy atom. The average Bonchev–Trinajstić information content (AvgIpc) is 3.46. The predicted molar refractivity (Wildman–Crippen MR) is 110 cm³/mol. The zero-order chi connectivity index (χ0) is 20.2. The summed E-state index contributed by atoms with van der Waals surface area (Å²) in [5.41, 5.74) is 1.85. The normalized spacial score (nSPS) is 13.3. The fraction of sp³-hybridized carbons (Fsp3) is 0.318. The van der Waals surface area contributed by atoms with Crippen molar-refractivity contribution < 1.29 is 13.9 Å². The number of ether oxygens (including phenoxy) is 1. The Kier molecular flexibility index (Phi) is 5.81. The highest BCUT2D eigenvalue weighted by atomic mass is 35.5. The highest BCUT2D eigenvalue weighted by molar-refractivity contribution is 6.30. The second kappa shape index (κ2) is 8.66. The first kappa shape index (κ1) is 19.5. The molecule has 1 saturated carbocycles. The van der Waals surface area contributed by atoms with E-state index in [0.717, 1.165) is 29.7 Å². The van der Waals surface area contributed by atoms with Crippen LogP contribution < -0.4 is 4.74 Å². The van der Waals surface area contributed by atoms with Crippen LogP contribution in [0.4, 0.5) is 0 Å². The van der Waals surface area contributed by atoms with Gasteiger partial charge in [0.2, 0.25) is 17.7 Å². The fourth-order valence-corrected chi connectivity index (χ4v) is 3.22. The van der Waals surface area contributed by atoms with E-state index in [0.29, 0.717) is 36.4 Å². The molecule has 0 spiro atoms. The van der Waals surface area contributed by atoms with Gasteiger partial charge in [0.1, 0.15) is 5.75 Å². The summed E-state index contributed by atoms with van der Waals surface area (Å²) in [5, 5.41) is 8.85. The van der Waals surface area contributed by atoms with Gasteiger partial charge in [0.25, 0.3) is 0 Å². The van der Waals surface area contributed by atoms with Gasteiger partial charge in [-0.2, -0.15) is 0 Å². The highest BCUT2D eigenvalue weighted by Crippen LogP contribution is 2.29. The lowest BCUT2D eigenvalue weighted by Gasteiger charge is -2.20. The molecule has 4 rings (SSSR count). The number of nitrogens with zero attached hydrogens (tertiary/aromatic N) is 3. The van der Waals surface area contributed by atoms with Gasteiger partial charge in [-0.3, -0.25) is 4.79 Å². The molecule has 29 heavy (non-hydrogen) atoms. The Hall–Kier alpha value is -2.86. The van der Waals surface area contributed by atoms with Crippen molar-refractivity contribution in [1.29, 1.82) is 0 Å². The molecule has 0 bridgehead atoms. The lowest BCUT2D eigenvalue weighted by atomic mass is 10.2. The Labute approximate surface area is 174 Å². The summed E-state index contributed by atoms with van der Waals surface area (Å²) in [6.07, 6.45) is 2.31. The smallest absolute Gasteiger partial charge is 0.247 e. The first-order valence-electron chi connectivity index (χ1n) is 9.66. The van der Waals surface area contributed by atoms with E-state index in [2.05, 4.69) is 10.2 Å². The predicted octanol–water partition coefficient (Wildman–Crippen LogP) is 4.66. The van der Waals surface area contributed by atoms with Gasteiger partial charge in [0, 0.05) is 16.6 Å². The number of aryl methyl sites for hydroxylation is 1. The second-order valence-corrected chi connectivity index (χ2v) is 7.56. The zero-order valence-corrected chi connectivity index (χ0v) is 16.9. The molecule has 2 aromatic carbocycles. The molecule has 0 radical (unpaired) electrons. The maximum absolute atomic E-state index is 12.8. The Bertz CT molecular complexity index is 983. The minimum absolute atomic E-state index is 0.0346. The van der Waals surface area contributed by atoms with Gasteiger partial charge in [-0.15, -0.1) is 10.2 Å². The van der Waals surface area contributed by atoms with E-state index in [4.69, 9.17) is 20.8 Å². The molecular weight excluding hydrogens is 390 g/mol. The third-order valence-corrected chi connectivity index (χ3v) is 5.09. The van der Waals surface area contributed by atoms with Crippen LogP contribution in [0.15, 0.2) is 52.9 Å². The minimum Gasteiger partial charge on any atom is -0.493 e. The van der Waals surface area contributed by atoms with Gasteiger partial charge in [-0.05, 0) is 55.7 Å². The maximum Gasteiger partial charge on any atom is 0.247 e. The lowest BCUT2D eigenvalue weighted by Crippen LogP contribution is -2.33. The average molecular weight is 412 g/mol. The highest BCUT2D eigenvalue weighted by Gasteiger charge is 2.33. The standard InChI is InChI=1S/C22H22ClN3O3/c1-15-4-2-3-5-19(15)28-13-12-21(27)26(18-10-11-18)14-20-24-25-22(29-20)16-6-8-17(23)9-7-16/h2-9,18H,10-14H2,1H3. The summed E-state index contributed by atoms with van der Waals surface area (Å²) >= 11 is 5.92. The molecule has 1 amide bonds. The van der Waals surface area contributed by atoms with Gasteiger partial charge in [0.15, 0.2) is 0 Å². The van der Waals surface area contributed by atoms with Crippen LogP contribution in [-0.2, 0) is 11.3 Å². The third kappa shape index (κ3) is 4.95. The molecule has 0 atom stereocenters. The number of rotatable bonds is 8. The third-order valence-electron chi connectivity index (χ3n) is 4.84. The van der Waals surface area contributed by atoms with Gasteiger partial charge < -0.3 is 14.1 Å². The van der Waals surface area contributed by atoms with E-state index >= 15 is 0 Å². The van der Waals surface area contributed by atoms with Gasteiger partial charge >= 0.3 is 0 Å². The topological polar surface area (TPSA) is 68.5 Å². The quantitative estimate of drug-likeness (QED) is 0.539. The number of hydrogen-bond donors (Lipinski definition) is 0. The van der Waals surface area contributed by atoms with E-state index in [9.17, 15) is 4.79 Å². The number of halogens is 1. The number of aromatic nitrogens is 2. The second-order valence-electron chi connectivity index (χ2n) is 7.12. The Morgan fingerprint density at radius 3 is 2.66 bits per heavy atom. The van der Waals surface area contributed by atoms with E-state index in [1.807, 2.05) is 48.2 Å². The fourth-order valence-electron chi connectivity index (χ4n) is 3.09. The molecule has 1 aliphatic carbocycles. The van der Waals surface area contributed by atoms with Crippen LogP contribution in [0.25, 0.3) is 11.5 Å². The first-order valence-corrected chi connectivity index (χ1v) is 10.0. The molecule has 0 unspecified atom stereocenters. The lowest BCUT2D eigenvalue weighted by molar-refractivity contribution is -0.133. The number of hydrogen-bond acceptors (Lipinski definition) is 5. The summed E-state index contributed by atoms with van der Waals surface area (Å²) in [4.78, 5) is 14.6. The molecule has 0 N–H and O–H groups in total. The maximum atomic E-state index is 12.8. The Morgan fingerprint density at radius 2 is 1.93 bits per heavy atom. The summed E-state index contributed by atoms with van der Waals surface area (Å²) in [5.74, 6) is 1.69. The monoisotopic (exact) mass is 411 g/mol. The van der Waals surface area contributed by atoms with Crippen molar-refractivity contribution in [1.82, 2.24) is 15.1 Å². The van der Waals surface area contributed by atoms with Crippen molar-refractivity contribution in [2.75, 3.05) is 6.61 Å². The van der Waals surface area contributed by atoms with E-state index in [1.54, 1.807) is 12.1 Å². The first-order chi connectivity index (χ1) is 14.1. The van der Waals surface area contributed by atoms with Crippen molar-refractivity contribution in [2.45, 2.75) is 38.8 Å². The molecular formula is C22H22ClN3O3. The van der Waals surface area contributed by atoms with Crippen LogP contribution in [0.1, 0.15) is 30.7 Å². The molecule has 150 valence electrons. The molecule has 0 saturated heterocycles. The largest absolute Gasteiger partial charge is 0.493 e. The van der Waals surface area contributed by atoms with Crippen molar-refractivity contribution in [3.63, 3.8) is 0 Å². The van der Waals surface area contributed by atoms with Crippen molar-refractivity contribution in [3.8, 4) is 17.2 Å². The Balaban J connectivity index is 1.36. The number of amides is 1. The molecule has 0 aliphatic heterocycles. The van der Waals surface area contributed by atoms with Gasteiger partial charge in [-0.1, -0.05) is 29.8 Å². The summed E-state index contributed by atoms with van der Waals surface area (Å²) < 4.78 is 11.5. The SMILES string of the molecule is Cc1ccccc1OCCC(=O)N(Cc1nnc(-c2ccc(Cl)cc2)o1)C1CC1. The molecule has 3 aromatic rings. The van der Waals surface area contributed by atoms with E-state index in [-0.39, 0.29) is 11.9 Å². The molecule has 1 aliphatic rings. The molecule has 1 aromatic heterocycles. The molecule has 7 heteroatoms. The van der Waals surface area contributed by atoms with Gasteiger partial charge in [-0.25, -0.2) is 0 Å². The summed E-state index contributed by atoms with van der Waals surface area (Å²) in [6.45, 7) is 2.64. The molecule has 6 nitrogen and oxygen atoms in total. The van der Waals surface area contributed by atoms with Crippen LogP contribution in [-0.4, -0.2) is 33.7 Å². The van der Waals surface area contributed by atoms with Crippen LogP contribution >= 0.6 is 11.6 Å². The van der Waals surface area contributed by atoms with Crippen LogP contribution in [0.5, 0.6) is 5.75 Å². The minimum atomic E-state index is 0.0346. The van der Waals surface area contributed by atoms with Crippen molar-refractivity contribution in [3.05, 3.63) is 65.0 Å². The molecule has 1 heterocycles. The zero-order valence-electron chi connectivity index (χ0n) is 16.2. The molecule has 1 fully saturated rings. The van der Waals surface area contributed by atoms with Gasteiger partial charge in [0.05, 0.1) is 19.6 Å². The number of carbonyl (C=O) groups is 1. The van der Waals surface area contributed by atoms with E-state index in [1.165, 1.54) is 0 Å². The van der Waals surface area contributed by atoms with Crippen LogP contribution in [0.3, 0.4) is 0 Å². The van der Waals surface area contributed by atoms with Crippen molar-refractivity contribution in [2.24, 2.45) is 0 Å². The summed E-state index contributed by atoms with van der Waals surface area (Å²) in [6, 6.07) is 15.2. The number of para-hydroxylation sites is 1. The number of carbonyl (C=O) groups excluding carboxylic acids is 1. The van der Waals surface area contributed by atoms with Crippen LogP contribution in [0.2, 0.25) is 5.02 Å². The van der Waals surface area contributed by atoms with Crippen molar-refractivity contribution >= 4 is 17.5 Å². The van der Waals surface area contributed by atoms with Crippen LogP contribution in [0, 0.1) is 6.92 Å².